The third kappa shape index (κ3) is 2.64. The van der Waals surface area contributed by atoms with Gasteiger partial charge in [-0.25, -0.2) is 0 Å². The molecular weight excluding hydrogens is 204 g/mol. The zero-order valence-corrected chi connectivity index (χ0v) is 9.18. The van der Waals surface area contributed by atoms with Gasteiger partial charge < -0.3 is 9.84 Å². The lowest BCUT2D eigenvalue weighted by Gasteiger charge is -1.95. The van der Waals surface area contributed by atoms with Crippen LogP contribution in [-0.4, -0.2) is 21.7 Å². The minimum atomic E-state index is 0.607. The molecule has 0 fully saturated rings. The third-order valence-electron chi connectivity index (χ3n) is 2.11. The fourth-order valence-electron chi connectivity index (χ4n) is 1.32. The van der Waals surface area contributed by atoms with Crippen LogP contribution in [0.5, 0.6) is 0 Å². The molecule has 0 amide bonds. The van der Waals surface area contributed by atoms with Crippen molar-refractivity contribution in [1.82, 2.24) is 20.4 Å². The molecule has 16 heavy (non-hydrogen) atoms. The zero-order valence-electron chi connectivity index (χ0n) is 9.18. The Morgan fingerprint density at radius 2 is 2.12 bits per heavy atom. The smallest absolute Gasteiger partial charge is 0.240 e. The first-order chi connectivity index (χ1) is 7.90. The molecule has 84 valence electrons. The van der Waals surface area contributed by atoms with E-state index >= 15 is 0 Å². The van der Waals surface area contributed by atoms with E-state index in [4.69, 9.17) is 4.52 Å². The van der Waals surface area contributed by atoms with Gasteiger partial charge in [0.1, 0.15) is 0 Å². The normalized spacial score (nSPS) is 10.6. The van der Waals surface area contributed by atoms with Crippen molar-refractivity contribution in [1.29, 1.82) is 0 Å². The summed E-state index contributed by atoms with van der Waals surface area (Å²) < 4.78 is 5.12. The molecule has 0 unspecified atom stereocenters. The Kier molecular flexibility index (Phi) is 3.61. The molecule has 0 spiro atoms. The van der Waals surface area contributed by atoms with E-state index in [0.29, 0.717) is 18.3 Å². The van der Waals surface area contributed by atoms with Gasteiger partial charge in [0.2, 0.25) is 11.7 Å². The molecule has 0 saturated carbocycles. The third-order valence-corrected chi connectivity index (χ3v) is 2.11. The summed E-state index contributed by atoms with van der Waals surface area (Å²) in [6.07, 6.45) is 4.51. The van der Waals surface area contributed by atoms with Crippen LogP contribution in [0.15, 0.2) is 29.0 Å². The van der Waals surface area contributed by atoms with Crippen LogP contribution in [-0.2, 0) is 6.54 Å². The minimum Gasteiger partial charge on any atom is -0.338 e. The Balaban J connectivity index is 2.02. The summed E-state index contributed by atoms with van der Waals surface area (Å²) in [5.74, 6) is 1.22. The molecule has 0 aliphatic heterocycles. The predicted molar refractivity (Wildman–Crippen MR) is 59.5 cm³/mol. The van der Waals surface area contributed by atoms with E-state index in [2.05, 4.69) is 27.4 Å². The molecule has 0 atom stereocenters. The Hall–Kier alpha value is -1.75. The lowest BCUT2D eigenvalue weighted by Crippen LogP contribution is -2.13. The first kappa shape index (κ1) is 10.8. The molecular formula is C11H14N4O. The molecule has 0 saturated heterocycles. The van der Waals surface area contributed by atoms with Crippen molar-refractivity contribution in [3.05, 3.63) is 30.4 Å². The fourth-order valence-corrected chi connectivity index (χ4v) is 1.32. The van der Waals surface area contributed by atoms with Crippen LogP contribution in [0.4, 0.5) is 0 Å². The highest BCUT2D eigenvalue weighted by atomic mass is 16.5. The van der Waals surface area contributed by atoms with E-state index in [1.165, 1.54) is 0 Å². The Morgan fingerprint density at radius 3 is 2.88 bits per heavy atom. The number of pyridine rings is 1. The molecule has 0 bridgehead atoms. The van der Waals surface area contributed by atoms with E-state index < -0.39 is 0 Å². The fraction of sp³-hybridized carbons (Fsp3) is 0.364. The van der Waals surface area contributed by atoms with Gasteiger partial charge in [-0.1, -0.05) is 12.1 Å². The maximum absolute atomic E-state index is 5.12. The maximum atomic E-state index is 5.12. The second-order valence-corrected chi connectivity index (χ2v) is 3.42. The molecule has 2 aromatic heterocycles. The van der Waals surface area contributed by atoms with Gasteiger partial charge in [0, 0.05) is 18.0 Å². The first-order valence-corrected chi connectivity index (χ1v) is 5.34. The highest BCUT2D eigenvalue weighted by Crippen LogP contribution is 2.13. The second kappa shape index (κ2) is 5.37. The molecule has 2 heterocycles. The van der Waals surface area contributed by atoms with Crippen molar-refractivity contribution in [3.8, 4) is 11.4 Å². The van der Waals surface area contributed by atoms with E-state index in [0.717, 1.165) is 18.5 Å². The van der Waals surface area contributed by atoms with Crippen molar-refractivity contribution in [2.75, 3.05) is 6.54 Å². The quantitative estimate of drug-likeness (QED) is 0.773. The number of rotatable bonds is 5. The highest BCUT2D eigenvalue weighted by Gasteiger charge is 2.07. The largest absolute Gasteiger partial charge is 0.338 e. The Bertz CT molecular complexity index is 427. The van der Waals surface area contributed by atoms with Crippen molar-refractivity contribution in [2.24, 2.45) is 0 Å². The molecule has 5 heteroatoms. The van der Waals surface area contributed by atoms with Crippen LogP contribution < -0.4 is 5.32 Å². The average molecular weight is 218 g/mol. The van der Waals surface area contributed by atoms with Gasteiger partial charge in [0.25, 0.3) is 0 Å². The summed E-state index contributed by atoms with van der Waals surface area (Å²) in [6, 6.07) is 3.71. The summed E-state index contributed by atoms with van der Waals surface area (Å²) in [7, 11) is 0. The van der Waals surface area contributed by atoms with Crippen LogP contribution in [0.2, 0.25) is 0 Å². The van der Waals surface area contributed by atoms with Crippen LogP contribution in [0, 0.1) is 0 Å². The summed E-state index contributed by atoms with van der Waals surface area (Å²) >= 11 is 0. The summed E-state index contributed by atoms with van der Waals surface area (Å²) in [4.78, 5) is 8.22. The molecule has 0 radical (unpaired) electrons. The maximum Gasteiger partial charge on any atom is 0.240 e. The molecule has 0 aromatic carbocycles. The van der Waals surface area contributed by atoms with E-state index in [1.807, 2.05) is 12.1 Å². The van der Waals surface area contributed by atoms with Crippen LogP contribution in [0.3, 0.4) is 0 Å². The van der Waals surface area contributed by atoms with Gasteiger partial charge in [-0.05, 0) is 25.1 Å². The topological polar surface area (TPSA) is 63.8 Å². The lowest BCUT2D eigenvalue weighted by molar-refractivity contribution is 0.368. The summed E-state index contributed by atoms with van der Waals surface area (Å²) in [5.41, 5.74) is 0.917. The monoisotopic (exact) mass is 218 g/mol. The lowest BCUT2D eigenvalue weighted by atomic mass is 10.2. The highest BCUT2D eigenvalue weighted by molar-refractivity contribution is 5.52. The van der Waals surface area contributed by atoms with Crippen LogP contribution in [0.25, 0.3) is 11.4 Å². The van der Waals surface area contributed by atoms with Crippen molar-refractivity contribution in [3.63, 3.8) is 0 Å². The van der Waals surface area contributed by atoms with Gasteiger partial charge in [0.05, 0.1) is 6.54 Å². The molecule has 2 aromatic rings. The SMILES string of the molecule is CCCNCc1nc(-c2ccncc2)no1. The van der Waals surface area contributed by atoms with Crippen molar-refractivity contribution < 1.29 is 4.52 Å². The minimum absolute atomic E-state index is 0.607. The standard InChI is InChI=1S/C11H14N4O/c1-2-5-13-8-10-14-11(15-16-10)9-3-6-12-7-4-9/h3-4,6-7,13H,2,5,8H2,1H3. The number of hydrogen-bond acceptors (Lipinski definition) is 5. The van der Waals surface area contributed by atoms with Crippen molar-refractivity contribution in [2.45, 2.75) is 19.9 Å². The van der Waals surface area contributed by atoms with E-state index in [9.17, 15) is 0 Å². The number of aromatic nitrogens is 3. The van der Waals surface area contributed by atoms with Crippen molar-refractivity contribution >= 4 is 0 Å². The number of nitrogens with one attached hydrogen (secondary N) is 1. The number of hydrogen-bond donors (Lipinski definition) is 1. The van der Waals surface area contributed by atoms with Gasteiger partial charge in [-0.15, -0.1) is 0 Å². The molecule has 0 aliphatic carbocycles. The van der Waals surface area contributed by atoms with E-state index in [1.54, 1.807) is 12.4 Å². The summed E-state index contributed by atoms with van der Waals surface area (Å²) in [6.45, 7) is 3.68. The molecule has 1 N–H and O–H groups in total. The van der Waals surface area contributed by atoms with Gasteiger partial charge in [-0.2, -0.15) is 4.98 Å². The summed E-state index contributed by atoms with van der Waals surface area (Å²) in [5, 5.41) is 7.12. The molecule has 0 aliphatic rings. The van der Waals surface area contributed by atoms with Crippen LogP contribution in [0.1, 0.15) is 19.2 Å². The predicted octanol–water partition coefficient (Wildman–Crippen LogP) is 1.63. The van der Waals surface area contributed by atoms with Gasteiger partial charge in [0.15, 0.2) is 0 Å². The number of nitrogens with zero attached hydrogens (tertiary/aromatic N) is 3. The Labute approximate surface area is 93.9 Å². The Morgan fingerprint density at radius 1 is 1.31 bits per heavy atom. The first-order valence-electron chi connectivity index (χ1n) is 5.34. The molecule has 2 rings (SSSR count). The zero-order chi connectivity index (χ0) is 11.2. The van der Waals surface area contributed by atoms with Gasteiger partial charge >= 0.3 is 0 Å². The second-order valence-electron chi connectivity index (χ2n) is 3.42. The van der Waals surface area contributed by atoms with E-state index in [-0.39, 0.29) is 0 Å². The van der Waals surface area contributed by atoms with Crippen LogP contribution >= 0.6 is 0 Å². The molecule has 5 nitrogen and oxygen atoms in total. The average Bonchev–Trinajstić information content (AvgIpc) is 2.79. The van der Waals surface area contributed by atoms with Gasteiger partial charge in [-0.3, -0.25) is 4.98 Å².